The van der Waals surface area contributed by atoms with E-state index < -0.39 is 0 Å². The van der Waals surface area contributed by atoms with Crippen molar-refractivity contribution >= 4 is 22.2 Å². The Hall–Kier alpha value is -2.34. The molecule has 5 nitrogen and oxygen atoms in total. The van der Waals surface area contributed by atoms with Gasteiger partial charge in [-0.05, 0) is 45.0 Å². The molecule has 0 unspecified atom stereocenters. The van der Waals surface area contributed by atoms with Gasteiger partial charge >= 0.3 is 0 Å². The quantitative estimate of drug-likeness (QED) is 0.799. The Morgan fingerprint density at radius 2 is 1.96 bits per heavy atom. The molecule has 2 heterocycles. The Kier molecular flexibility index (Phi) is 3.85. The largest absolute Gasteiger partial charge is 0.497 e. The molecule has 2 aromatic heterocycles. The first-order valence-electron chi connectivity index (χ1n) is 7.31. The van der Waals surface area contributed by atoms with Gasteiger partial charge in [0, 0.05) is 22.7 Å². The molecule has 0 atom stereocenters. The Bertz CT molecular complexity index is 841. The van der Waals surface area contributed by atoms with Gasteiger partial charge in [-0.15, -0.1) is 11.3 Å². The minimum absolute atomic E-state index is 0.0950. The molecule has 0 saturated heterocycles. The summed E-state index contributed by atoms with van der Waals surface area (Å²) < 4.78 is 7.01. The lowest BCUT2D eigenvalue weighted by molar-refractivity contribution is 0.0914. The topological polar surface area (TPSA) is 55.6 Å². The summed E-state index contributed by atoms with van der Waals surface area (Å²) in [6, 6.07) is 7.71. The average Bonchev–Trinajstić information content (AvgIpc) is 3.05. The zero-order valence-electron chi connectivity index (χ0n) is 13.6. The van der Waals surface area contributed by atoms with E-state index >= 15 is 0 Å². The summed E-state index contributed by atoms with van der Waals surface area (Å²) >= 11 is 1.46. The van der Waals surface area contributed by atoms with Crippen molar-refractivity contribution < 1.29 is 9.53 Å². The second-order valence-electron chi connectivity index (χ2n) is 6.33. The van der Waals surface area contributed by atoms with Gasteiger partial charge in [-0.25, -0.2) is 4.98 Å². The molecular weight excluding hydrogens is 310 g/mol. The molecule has 0 fully saturated rings. The highest BCUT2D eigenvalue weighted by molar-refractivity contribution is 7.15. The third kappa shape index (κ3) is 3.22. The Labute approximate surface area is 138 Å². The number of rotatable bonds is 3. The number of methoxy groups -OCH3 is 1. The van der Waals surface area contributed by atoms with Crippen LogP contribution in [0.25, 0.3) is 16.2 Å². The van der Waals surface area contributed by atoms with E-state index in [0.717, 1.165) is 22.0 Å². The number of imidazole rings is 1. The van der Waals surface area contributed by atoms with Crippen LogP contribution in [0.2, 0.25) is 0 Å². The van der Waals surface area contributed by atoms with Crippen LogP contribution in [0.4, 0.5) is 0 Å². The Morgan fingerprint density at radius 3 is 2.57 bits per heavy atom. The minimum Gasteiger partial charge on any atom is -0.497 e. The highest BCUT2D eigenvalue weighted by atomic mass is 32.1. The number of carbonyl (C=O) groups is 1. The van der Waals surface area contributed by atoms with Crippen molar-refractivity contribution in [2.24, 2.45) is 0 Å². The van der Waals surface area contributed by atoms with Crippen molar-refractivity contribution in [3.05, 3.63) is 41.5 Å². The van der Waals surface area contributed by atoms with Crippen molar-refractivity contribution in [3.8, 4) is 17.0 Å². The number of nitrogens with one attached hydrogen (secondary N) is 1. The van der Waals surface area contributed by atoms with Crippen LogP contribution in [0, 0.1) is 0 Å². The van der Waals surface area contributed by atoms with E-state index in [0.29, 0.717) is 5.69 Å². The van der Waals surface area contributed by atoms with Crippen LogP contribution in [-0.4, -0.2) is 27.9 Å². The van der Waals surface area contributed by atoms with Gasteiger partial charge in [0.25, 0.3) is 5.91 Å². The molecule has 0 radical (unpaired) electrons. The van der Waals surface area contributed by atoms with E-state index in [1.165, 1.54) is 11.3 Å². The predicted molar refractivity (Wildman–Crippen MR) is 92.3 cm³/mol. The molecule has 0 spiro atoms. The van der Waals surface area contributed by atoms with Crippen molar-refractivity contribution in [1.82, 2.24) is 14.7 Å². The number of hydrogen-bond acceptors (Lipinski definition) is 4. The lowest BCUT2D eigenvalue weighted by Gasteiger charge is -2.19. The second kappa shape index (κ2) is 5.70. The fourth-order valence-corrected chi connectivity index (χ4v) is 3.11. The first-order chi connectivity index (χ1) is 10.9. The van der Waals surface area contributed by atoms with Crippen LogP contribution in [0.1, 0.15) is 31.3 Å². The van der Waals surface area contributed by atoms with E-state index in [2.05, 4.69) is 10.3 Å². The number of thiazole rings is 1. The summed E-state index contributed by atoms with van der Waals surface area (Å²) in [5.74, 6) is 0.711. The number of amides is 1. The first kappa shape index (κ1) is 15.6. The first-order valence-corrected chi connectivity index (χ1v) is 8.19. The maximum Gasteiger partial charge on any atom is 0.269 e. The molecule has 23 heavy (non-hydrogen) atoms. The molecule has 120 valence electrons. The smallest absolute Gasteiger partial charge is 0.269 e. The van der Waals surface area contributed by atoms with Crippen LogP contribution in [0.5, 0.6) is 5.75 Å². The molecule has 1 amide bonds. The Morgan fingerprint density at radius 1 is 1.26 bits per heavy atom. The van der Waals surface area contributed by atoms with E-state index in [9.17, 15) is 4.79 Å². The summed E-state index contributed by atoms with van der Waals surface area (Å²) in [5, 5.41) is 4.81. The van der Waals surface area contributed by atoms with E-state index in [4.69, 9.17) is 4.74 Å². The van der Waals surface area contributed by atoms with E-state index in [-0.39, 0.29) is 11.4 Å². The van der Waals surface area contributed by atoms with Gasteiger partial charge in [-0.2, -0.15) is 0 Å². The van der Waals surface area contributed by atoms with Gasteiger partial charge in [-0.3, -0.25) is 9.20 Å². The van der Waals surface area contributed by atoms with Crippen LogP contribution in [-0.2, 0) is 0 Å². The molecule has 0 aliphatic carbocycles. The number of aromatic nitrogens is 2. The van der Waals surface area contributed by atoms with Crippen molar-refractivity contribution in [2.75, 3.05) is 7.11 Å². The Balaban J connectivity index is 1.95. The SMILES string of the molecule is COc1ccc(-c2cn3c(C(=O)NC(C)(C)C)csc3n2)cc1. The van der Waals surface area contributed by atoms with Gasteiger partial charge in [-0.1, -0.05) is 0 Å². The standard InChI is InChI=1S/C17H19N3O2S/c1-17(2,3)19-15(21)14-10-23-16-18-13(9-20(14)16)11-5-7-12(22-4)8-6-11/h5-10H,1-4H3,(H,19,21). The fourth-order valence-electron chi connectivity index (χ4n) is 2.25. The van der Waals surface area contributed by atoms with Gasteiger partial charge in [0.2, 0.25) is 0 Å². The summed E-state index contributed by atoms with van der Waals surface area (Å²) in [5.41, 5.74) is 2.16. The average molecular weight is 329 g/mol. The molecule has 3 rings (SSSR count). The van der Waals surface area contributed by atoms with Gasteiger partial charge in [0.1, 0.15) is 11.4 Å². The van der Waals surface area contributed by atoms with Gasteiger partial charge in [0.15, 0.2) is 4.96 Å². The second-order valence-corrected chi connectivity index (χ2v) is 7.17. The van der Waals surface area contributed by atoms with Gasteiger partial charge in [0.05, 0.1) is 12.8 Å². The monoisotopic (exact) mass is 329 g/mol. The zero-order chi connectivity index (χ0) is 16.6. The third-order valence-corrected chi connectivity index (χ3v) is 4.16. The van der Waals surface area contributed by atoms with E-state index in [1.54, 1.807) is 7.11 Å². The zero-order valence-corrected chi connectivity index (χ0v) is 14.4. The van der Waals surface area contributed by atoms with E-state index in [1.807, 2.05) is 61.0 Å². The maximum absolute atomic E-state index is 12.4. The normalized spacial score (nSPS) is 11.7. The summed E-state index contributed by atoms with van der Waals surface area (Å²) in [6.45, 7) is 5.89. The lowest BCUT2D eigenvalue weighted by Crippen LogP contribution is -2.41. The van der Waals surface area contributed by atoms with Crippen LogP contribution in [0.3, 0.4) is 0 Å². The van der Waals surface area contributed by atoms with Crippen molar-refractivity contribution in [1.29, 1.82) is 0 Å². The highest BCUT2D eigenvalue weighted by Gasteiger charge is 2.19. The molecule has 3 aromatic rings. The maximum atomic E-state index is 12.4. The number of nitrogens with zero attached hydrogens (tertiary/aromatic N) is 2. The molecule has 0 saturated carbocycles. The predicted octanol–water partition coefficient (Wildman–Crippen LogP) is 3.60. The molecule has 6 heteroatoms. The molecule has 1 N–H and O–H groups in total. The minimum atomic E-state index is -0.273. The van der Waals surface area contributed by atoms with Crippen molar-refractivity contribution in [2.45, 2.75) is 26.3 Å². The molecule has 0 aliphatic heterocycles. The summed E-state index contributed by atoms with van der Waals surface area (Å²) in [7, 11) is 1.64. The van der Waals surface area contributed by atoms with Crippen LogP contribution >= 0.6 is 11.3 Å². The number of carbonyl (C=O) groups excluding carboxylic acids is 1. The molecular formula is C17H19N3O2S. The number of benzene rings is 1. The number of fused-ring (bicyclic) bond motifs is 1. The van der Waals surface area contributed by atoms with Crippen LogP contribution < -0.4 is 10.1 Å². The lowest BCUT2D eigenvalue weighted by atomic mass is 10.1. The summed E-state index contributed by atoms with van der Waals surface area (Å²) in [6.07, 6.45) is 1.89. The number of ether oxygens (including phenoxy) is 1. The fraction of sp³-hybridized carbons (Fsp3) is 0.294. The van der Waals surface area contributed by atoms with Crippen LogP contribution in [0.15, 0.2) is 35.8 Å². The number of hydrogen-bond donors (Lipinski definition) is 1. The van der Waals surface area contributed by atoms with Crippen molar-refractivity contribution in [3.63, 3.8) is 0 Å². The third-order valence-electron chi connectivity index (χ3n) is 3.32. The molecule has 0 aliphatic rings. The molecule has 0 bridgehead atoms. The molecule has 1 aromatic carbocycles. The highest BCUT2D eigenvalue weighted by Crippen LogP contribution is 2.25. The summed E-state index contributed by atoms with van der Waals surface area (Å²) in [4.78, 5) is 17.8. The van der Waals surface area contributed by atoms with Gasteiger partial charge < -0.3 is 10.1 Å².